The van der Waals surface area contributed by atoms with Crippen molar-refractivity contribution in [3.05, 3.63) is 29.3 Å². The van der Waals surface area contributed by atoms with Gasteiger partial charge in [-0.25, -0.2) is 4.79 Å². The second-order valence-electron chi connectivity index (χ2n) is 13.6. The van der Waals surface area contributed by atoms with Crippen molar-refractivity contribution >= 4 is 17.9 Å². The Balaban J connectivity index is 1.74. The van der Waals surface area contributed by atoms with Gasteiger partial charge in [0.15, 0.2) is 0 Å². The molecule has 3 rings (SSSR count). The number of nitrogens with one attached hydrogen (secondary N) is 1. The normalized spacial score (nSPS) is 22.2. The number of carbonyl (C=O) groups excluding carboxylic acids is 3. The van der Waals surface area contributed by atoms with Crippen molar-refractivity contribution in [1.82, 2.24) is 15.1 Å². The van der Waals surface area contributed by atoms with E-state index in [4.69, 9.17) is 18.9 Å². The minimum Gasteiger partial charge on any atom is -0.493 e. The summed E-state index contributed by atoms with van der Waals surface area (Å²) in [5, 5.41) is 3.18. The van der Waals surface area contributed by atoms with Crippen molar-refractivity contribution < 1.29 is 33.3 Å². The second kappa shape index (κ2) is 16.5. The van der Waals surface area contributed by atoms with Crippen molar-refractivity contribution in [3.8, 4) is 5.75 Å². The van der Waals surface area contributed by atoms with Gasteiger partial charge in [-0.05, 0) is 84.9 Å². The first-order valence-corrected chi connectivity index (χ1v) is 16.1. The lowest BCUT2D eigenvalue weighted by Crippen LogP contribution is -2.44. The Morgan fingerprint density at radius 3 is 2.32 bits per heavy atom. The minimum absolute atomic E-state index is 0.0199. The third kappa shape index (κ3) is 10.4. The van der Waals surface area contributed by atoms with Gasteiger partial charge in [0.2, 0.25) is 5.91 Å². The number of methoxy groups -OCH3 is 2. The predicted octanol–water partition coefficient (Wildman–Crippen LogP) is 5.07. The zero-order chi connectivity index (χ0) is 32.4. The fraction of sp³-hybridized carbons (Fsp3) is 0.735. The Hall–Kier alpha value is -2.85. The van der Waals surface area contributed by atoms with E-state index in [2.05, 4.69) is 5.32 Å². The molecule has 3 amide bonds. The van der Waals surface area contributed by atoms with Crippen LogP contribution in [0.5, 0.6) is 5.75 Å². The summed E-state index contributed by atoms with van der Waals surface area (Å²) >= 11 is 0. The Morgan fingerprint density at radius 2 is 1.70 bits per heavy atom. The number of nitrogens with zero attached hydrogens (tertiary/aromatic N) is 2. The van der Waals surface area contributed by atoms with Gasteiger partial charge in [0.1, 0.15) is 11.4 Å². The molecule has 0 spiro atoms. The Kier molecular flexibility index (Phi) is 13.3. The molecule has 0 unspecified atom stereocenters. The van der Waals surface area contributed by atoms with Crippen LogP contribution >= 0.6 is 0 Å². The molecule has 2 aliphatic rings. The molecule has 10 nitrogen and oxygen atoms in total. The van der Waals surface area contributed by atoms with Gasteiger partial charge in [-0.15, -0.1) is 0 Å². The van der Waals surface area contributed by atoms with Crippen molar-refractivity contribution in [2.75, 3.05) is 53.6 Å². The monoisotopic (exact) mass is 617 g/mol. The highest BCUT2D eigenvalue weighted by atomic mass is 16.6. The van der Waals surface area contributed by atoms with Crippen LogP contribution in [-0.2, 0) is 19.0 Å². The molecule has 248 valence electrons. The molecule has 0 bridgehead atoms. The summed E-state index contributed by atoms with van der Waals surface area (Å²) in [6.07, 6.45) is 4.01. The standard InChI is InChI=1S/C34H55N3O7/c1-23(2)37(32(39)26-11-10-24(3)30(18-26)43-17-9-16-41-7)22-28-21-36(33(40)44-34(4,5)6)20-27(28)19-35-31(38)25-12-14-29(42-8)15-13-25/h10-11,18,23,25,27-29H,9,12-17,19-22H2,1-8H3,(H,35,38)/t25-,27-,28+,29+/m1/s1. The zero-order valence-corrected chi connectivity index (χ0v) is 28.1. The maximum atomic E-state index is 13.9. The zero-order valence-electron chi connectivity index (χ0n) is 28.1. The predicted molar refractivity (Wildman–Crippen MR) is 170 cm³/mol. The fourth-order valence-corrected chi connectivity index (χ4v) is 6.01. The number of likely N-dealkylation sites (tertiary alicyclic amines) is 1. The van der Waals surface area contributed by atoms with Gasteiger partial charge in [0.05, 0.1) is 12.7 Å². The average Bonchev–Trinajstić information content (AvgIpc) is 3.39. The summed E-state index contributed by atoms with van der Waals surface area (Å²) in [5.74, 6) is 0.581. The largest absolute Gasteiger partial charge is 0.493 e. The van der Waals surface area contributed by atoms with E-state index in [1.54, 1.807) is 19.1 Å². The van der Waals surface area contributed by atoms with Crippen LogP contribution in [0.4, 0.5) is 4.79 Å². The molecule has 2 atom stereocenters. The van der Waals surface area contributed by atoms with E-state index in [9.17, 15) is 14.4 Å². The maximum absolute atomic E-state index is 13.9. The van der Waals surface area contributed by atoms with Crippen LogP contribution in [0, 0.1) is 24.7 Å². The first-order chi connectivity index (χ1) is 20.8. The molecule has 1 aromatic carbocycles. The molecule has 1 saturated carbocycles. The molecule has 1 aliphatic carbocycles. The van der Waals surface area contributed by atoms with Gasteiger partial charge >= 0.3 is 6.09 Å². The van der Waals surface area contributed by atoms with E-state index in [1.807, 2.05) is 64.6 Å². The molecule has 0 aromatic heterocycles. The number of ether oxygens (including phenoxy) is 4. The summed E-state index contributed by atoms with van der Waals surface area (Å²) in [7, 11) is 3.39. The summed E-state index contributed by atoms with van der Waals surface area (Å²) in [4.78, 5) is 43.7. The lowest BCUT2D eigenvalue weighted by Gasteiger charge is -2.32. The van der Waals surface area contributed by atoms with Gasteiger partial charge in [0, 0.05) is 82.8 Å². The number of benzene rings is 1. The third-order valence-corrected chi connectivity index (χ3v) is 8.65. The quantitative estimate of drug-likeness (QED) is 0.308. The van der Waals surface area contributed by atoms with Crippen LogP contribution in [0.15, 0.2) is 18.2 Å². The highest BCUT2D eigenvalue weighted by molar-refractivity contribution is 5.95. The van der Waals surface area contributed by atoms with Crippen molar-refractivity contribution in [2.45, 2.75) is 91.4 Å². The molecule has 1 N–H and O–H groups in total. The number of amides is 3. The molecule has 2 fully saturated rings. The maximum Gasteiger partial charge on any atom is 0.410 e. The fourth-order valence-electron chi connectivity index (χ4n) is 6.01. The molecular weight excluding hydrogens is 562 g/mol. The Labute approximate surface area is 264 Å². The van der Waals surface area contributed by atoms with E-state index >= 15 is 0 Å². The molecule has 1 saturated heterocycles. The topological polar surface area (TPSA) is 107 Å². The molecule has 1 heterocycles. The van der Waals surface area contributed by atoms with Crippen LogP contribution in [0.1, 0.15) is 82.6 Å². The molecule has 0 radical (unpaired) electrons. The van der Waals surface area contributed by atoms with E-state index in [0.717, 1.165) is 37.7 Å². The lowest BCUT2D eigenvalue weighted by atomic mass is 9.86. The van der Waals surface area contributed by atoms with Crippen molar-refractivity contribution in [1.29, 1.82) is 0 Å². The smallest absolute Gasteiger partial charge is 0.410 e. The van der Waals surface area contributed by atoms with Crippen LogP contribution < -0.4 is 10.1 Å². The van der Waals surface area contributed by atoms with E-state index in [1.165, 1.54) is 0 Å². The van der Waals surface area contributed by atoms with Crippen LogP contribution in [0.2, 0.25) is 0 Å². The summed E-state index contributed by atoms with van der Waals surface area (Å²) < 4.78 is 22.2. The second-order valence-corrected chi connectivity index (χ2v) is 13.6. The van der Waals surface area contributed by atoms with Crippen LogP contribution in [-0.4, -0.2) is 99.1 Å². The van der Waals surface area contributed by atoms with Crippen LogP contribution in [0.25, 0.3) is 0 Å². The van der Waals surface area contributed by atoms with Crippen molar-refractivity contribution in [2.24, 2.45) is 17.8 Å². The molecule has 1 aliphatic heterocycles. The lowest BCUT2D eigenvalue weighted by molar-refractivity contribution is -0.127. The highest BCUT2D eigenvalue weighted by Gasteiger charge is 2.39. The number of hydrogen-bond acceptors (Lipinski definition) is 7. The van der Waals surface area contributed by atoms with Gasteiger partial charge in [-0.3, -0.25) is 9.59 Å². The first kappa shape index (κ1) is 35.6. The molecule has 44 heavy (non-hydrogen) atoms. The van der Waals surface area contributed by atoms with Gasteiger partial charge in [0.25, 0.3) is 5.91 Å². The minimum atomic E-state index is -0.616. The number of rotatable bonds is 13. The first-order valence-electron chi connectivity index (χ1n) is 16.1. The van der Waals surface area contributed by atoms with Gasteiger partial charge < -0.3 is 34.1 Å². The summed E-state index contributed by atoms with van der Waals surface area (Å²) in [6, 6.07) is 5.50. The SMILES string of the molecule is COCCCOc1cc(C(=O)N(C[C@@H]2CN(C(=O)OC(C)(C)C)C[C@H]2CNC(=O)[C@H]2CC[C@@H](OC)CC2)C(C)C)ccc1C. The van der Waals surface area contributed by atoms with Gasteiger partial charge in [-0.1, -0.05) is 6.07 Å². The van der Waals surface area contributed by atoms with E-state index in [-0.39, 0.29) is 47.8 Å². The van der Waals surface area contributed by atoms with Crippen LogP contribution in [0.3, 0.4) is 0 Å². The third-order valence-electron chi connectivity index (χ3n) is 8.65. The van der Waals surface area contributed by atoms with Crippen molar-refractivity contribution in [3.63, 3.8) is 0 Å². The number of hydrogen-bond donors (Lipinski definition) is 1. The summed E-state index contributed by atoms with van der Waals surface area (Å²) in [6.45, 7) is 14.4. The van der Waals surface area contributed by atoms with Gasteiger partial charge in [-0.2, -0.15) is 0 Å². The molecular formula is C34H55N3O7. The highest BCUT2D eigenvalue weighted by Crippen LogP contribution is 2.30. The number of carbonyl (C=O) groups is 3. The molecule has 1 aromatic rings. The Bertz CT molecular complexity index is 1090. The van der Waals surface area contributed by atoms with E-state index < -0.39 is 5.60 Å². The average molecular weight is 618 g/mol. The number of aryl methyl sites for hydroxylation is 1. The Morgan fingerprint density at radius 1 is 1.02 bits per heavy atom. The summed E-state index contributed by atoms with van der Waals surface area (Å²) in [5.41, 5.74) is 0.907. The molecule has 10 heteroatoms. The van der Waals surface area contributed by atoms with E-state index in [0.29, 0.717) is 50.7 Å².